The third kappa shape index (κ3) is 6.42. The summed E-state index contributed by atoms with van der Waals surface area (Å²) in [6.45, 7) is 6.25. The average molecular weight is 604 g/mol. The molecular weight excluding hydrogens is 558 g/mol. The van der Waals surface area contributed by atoms with Crippen LogP contribution < -0.4 is 35.6 Å². The number of aryl methyl sites for hydroxylation is 1. The molecule has 0 saturated heterocycles. The summed E-state index contributed by atoms with van der Waals surface area (Å²) in [6, 6.07) is 6.13. The second-order valence-electron chi connectivity index (χ2n) is 12.7. The minimum absolute atomic E-state index is 0.0992. The number of hydrogen-bond donors (Lipinski definition) is 3. The van der Waals surface area contributed by atoms with Gasteiger partial charge in [0, 0.05) is 19.0 Å². The number of fused-ring (bicyclic) bond motifs is 5. The van der Waals surface area contributed by atoms with E-state index < -0.39 is 12.1 Å². The molecule has 0 heterocycles. The van der Waals surface area contributed by atoms with Gasteiger partial charge in [-0.1, -0.05) is 32.1 Å². The van der Waals surface area contributed by atoms with Crippen LogP contribution in [0.15, 0.2) is 41.2 Å². The number of nitrogens with one attached hydrogen (secondary N) is 3. The molecule has 3 aliphatic rings. The van der Waals surface area contributed by atoms with Crippen LogP contribution in [0.5, 0.6) is 17.2 Å². The highest BCUT2D eigenvalue weighted by atomic mass is 16.5. The molecule has 2 aromatic carbocycles. The van der Waals surface area contributed by atoms with E-state index in [9.17, 15) is 14.4 Å². The van der Waals surface area contributed by atoms with Gasteiger partial charge in [-0.3, -0.25) is 14.4 Å². The molecule has 1 saturated carbocycles. The van der Waals surface area contributed by atoms with Crippen molar-refractivity contribution in [2.75, 3.05) is 33.2 Å². The van der Waals surface area contributed by atoms with E-state index in [0.29, 0.717) is 72.1 Å². The van der Waals surface area contributed by atoms with Crippen molar-refractivity contribution in [3.05, 3.63) is 57.8 Å². The maximum absolute atomic E-state index is 13.8. The summed E-state index contributed by atoms with van der Waals surface area (Å²) in [5, 5.41) is 9.51. The molecule has 236 valence electrons. The minimum Gasteiger partial charge on any atom is -0.493 e. The van der Waals surface area contributed by atoms with Gasteiger partial charge < -0.3 is 30.2 Å². The van der Waals surface area contributed by atoms with E-state index in [2.05, 4.69) is 41.9 Å². The summed E-state index contributed by atoms with van der Waals surface area (Å²) in [6.07, 6.45) is 8.65. The molecule has 9 nitrogen and oxygen atoms in total. The fraction of sp³-hybridized carbons (Fsp3) is 0.514. The number of carbonyl (C=O) groups is 2. The topological polar surface area (TPSA) is 115 Å². The maximum atomic E-state index is 13.8. The van der Waals surface area contributed by atoms with Crippen LogP contribution in [0.3, 0.4) is 0 Å². The van der Waals surface area contributed by atoms with Crippen LogP contribution in [0.2, 0.25) is 0 Å². The smallest absolute Gasteiger partial charge is 0.242 e. The zero-order valence-electron chi connectivity index (χ0n) is 26.6. The molecule has 2 amide bonds. The number of benzene rings is 1. The molecule has 5 rings (SSSR count). The number of rotatable bonds is 11. The summed E-state index contributed by atoms with van der Waals surface area (Å²) < 4.78 is 17.2. The molecule has 1 fully saturated rings. The molecule has 5 atom stereocenters. The molecule has 2 aromatic rings. The first-order chi connectivity index (χ1) is 21.1. The van der Waals surface area contributed by atoms with Crippen molar-refractivity contribution < 1.29 is 23.8 Å². The normalized spacial score (nSPS) is 22.0. The second-order valence-corrected chi connectivity index (χ2v) is 12.7. The Bertz CT molecular complexity index is 1500. The first-order valence-corrected chi connectivity index (χ1v) is 15.6. The van der Waals surface area contributed by atoms with Crippen molar-refractivity contribution in [3.8, 4) is 28.4 Å². The van der Waals surface area contributed by atoms with Crippen LogP contribution in [-0.4, -0.2) is 45.7 Å². The summed E-state index contributed by atoms with van der Waals surface area (Å²) in [4.78, 5) is 39.6. The van der Waals surface area contributed by atoms with E-state index in [4.69, 9.17) is 14.2 Å². The lowest BCUT2D eigenvalue weighted by molar-refractivity contribution is -0.122. The van der Waals surface area contributed by atoms with Crippen LogP contribution >= 0.6 is 0 Å². The molecule has 0 unspecified atom stereocenters. The fourth-order valence-electron chi connectivity index (χ4n) is 7.20. The van der Waals surface area contributed by atoms with Crippen LogP contribution in [-0.2, 0) is 16.0 Å². The summed E-state index contributed by atoms with van der Waals surface area (Å²) >= 11 is 0. The van der Waals surface area contributed by atoms with Gasteiger partial charge in [-0.2, -0.15) is 0 Å². The molecule has 0 radical (unpaired) electrons. The first-order valence-electron chi connectivity index (χ1n) is 15.6. The average Bonchev–Trinajstić information content (AvgIpc) is 3.55. The molecule has 9 heteroatoms. The monoisotopic (exact) mass is 603 g/mol. The number of hydrogen-bond acceptors (Lipinski definition) is 7. The highest BCUT2D eigenvalue weighted by Crippen LogP contribution is 2.50. The Balaban J connectivity index is 1.53. The number of methoxy groups -OCH3 is 3. The summed E-state index contributed by atoms with van der Waals surface area (Å²) in [7, 11) is 4.71. The minimum atomic E-state index is -0.573. The number of ether oxygens (including phenoxy) is 3. The van der Waals surface area contributed by atoms with E-state index in [1.165, 1.54) is 13.3 Å². The Morgan fingerprint density at radius 2 is 1.77 bits per heavy atom. The van der Waals surface area contributed by atoms with Crippen LogP contribution in [0.4, 0.5) is 5.69 Å². The van der Waals surface area contributed by atoms with Crippen molar-refractivity contribution in [1.29, 1.82) is 0 Å². The Kier molecular flexibility index (Phi) is 9.51. The third-order valence-corrected chi connectivity index (χ3v) is 9.22. The van der Waals surface area contributed by atoms with Crippen molar-refractivity contribution in [2.24, 2.45) is 23.7 Å². The van der Waals surface area contributed by atoms with Gasteiger partial charge >= 0.3 is 0 Å². The van der Waals surface area contributed by atoms with E-state index in [0.717, 1.165) is 23.1 Å². The molecule has 3 aliphatic carbocycles. The van der Waals surface area contributed by atoms with Crippen molar-refractivity contribution >= 4 is 17.5 Å². The molecule has 44 heavy (non-hydrogen) atoms. The summed E-state index contributed by atoms with van der Waals surface area (Å²) in [5.41, 5.74) is 3.22. The third-order valence-electron chi connectivity index (χ3n) is 9.22. The Morgan fingerprint density at radius 1 is 1.00 bits per heavy atom. The second kappa shape index (κ2) is 13.3. The van der Waals surface area contributed by atoms with Gasteiger partial charge in [0.1, 0.15) is 6.04 Å². The van der Waals surface area contributed by atoms with Gasteiger partial charge in [-0.05, 0) is 90.7 Å². The number of amides is 2. The van der Waals surface area contributed by atoms with Crippen LogP contribution in [0.1, 0.15) is 63.6 Å². The van der Waals surface area contributed by atoms with Gasteiger partial charge in [-0.25, -0.2) is 0 Å². The lowest BCUT2D eigenvalue weighted by Gasteiger charge is -2.23. The van der Waals surface area contributed by atoms with Gasteiger partial charge in [0.05, 0.1) is 33.1 Å². The van der Waals surface area contributed by atoms with Crippen molar-refractivity contribution in [2.45, 2.75) is 65.0 Å². The zero-order valence-corrected chi connectivity index (χ0v) is 26.6. The molecule has 2 bridgehead atoms. The molecule has 3 N–H and O–H groups in total. The predicted molar refractivity (Wildman–Crippen MR) is 171 cm³/mol. The van der Waals surface area contributed by atoms with E-state index in [1.54, 1.807) is 33.5 Å². The Labute approximate surface area is 259 Å². The van der Waals surface area contributed by atoms with E-state index in [1.807, 2.05) is 12.1 Å². The van der Waals surface area contributed by atoms with E-state index in [-0.39, 0.29) is 23.2 Å². The van der Waals surface area contributed by atoms with Crippen molar-refractivity contribution in [1.82, 2.24) is 10.6 Å². The van der Waals surface area contributed by atoms with Crippen LogP contribution in [0, 0.1) is 23.7 Å². The standard InChI is InChI=1S/C35H45N3O6/c1-19(2)13-29(35(41)36-18-24-15-21-7-8-22(24)14-21)38-28-12-10-25-26(17-30(28)40)27(37-20(3)39)11-9-23-16-31(42-4)33(43-5)34(44-6)32(23)25/h7-8,10,12,16-17,19,21-22,24,27,29H,9,11,13-15,18H2,1-6H3,(H,36,41)(H,37,39)(H,38,40)/t21-,22-,24+,27-,29-/m0/s1. The lowest BCUT2D eigenvalue weighted by atomic mass is 9.93. The highest BCUT2D eigenvalue weighted by Gasteiger charge is 2.36. The van der Waals surface area contributed by atoms with E-state index >= 15 is 0 Å². The molecule has 0 aliphatic heterocycles. The molecule has 0 spiro atoms. The summed E-state index contributed by atoms with van der Waals surface area (Å²) in [5.74, 6) is 3.07. The predicted octanol–water partition coefficient (Wildman–Crippen LogP) is 5.02. The Hall–Kier alpha value is -4.01. The molecule has 0 aromatic heterocycles. The van der Waals surface area contributed by atoms with Gasteiger partial charge in [0.2, 0.25) is 23.0 Å². The maximum Gasteiger partial charge on any atom is 0.242 e. The van der Waals surface area contributed by atoms with Gasteiger partial charge in [0.15, 0.2) is 11.5 Å². The lowest BCUT2D eigenvalue weighted by Crippen LogP contribution is -2.43. The van der Waals surface area contributed by atoms with Crippen molar-refractivity contribution in [3.63, 3.8) is 0 Å². The highest BCUT2D eigenvalue weighted by molar-refractivity contribution is 5.86. The largest absolute Gasteiger partial charge is 0.493 e. The molecular formula is C35H45N3O6. The number of carbonyl (C=O) groups excluding carboxylic acids is 2. The zero-order chi connectivity index (χ0) is 31.5. The van der Waals surface area contributed by atoms with Gasteiger partial charge in [-0.15, -0.1) is 0 Å². The Morgan fingerprint density at radius 3 is 2.39 bits per heavy atom. The number of anilines is 1. The SMILES string of the molecule is COc1cc2c(c(OC)c1OC)-c1ccc(N[C@@H](CC(C)C)C(=O)NC[C@H]3C[C@H]4C=C[C@H]3C4)c(=O)cc1[C@@H](NC(C)=O)CC2. The number of allylic oxidation sites excluding steroid dienone is 2. The van der Waals surface area contributed by atoms with Crippen LogP contribution in [0.25, 0.3) is 11.1 Å². The fourth-order valence-corrected chi connectivity index (χ4v) is 7.20. The quantitative estimate of drug-likeness (QED) is 0.309. The first kappa shape index (κ1) is 31.4. The van der Waals surface area contributed by atoms with Gasteiger partial charge in [0.25, 0.3) is 0 Å².